The molecule has 6 nitrogen and oxygen atoms in total. The highest BCUT2D eigenvalue weighted by atomic mass is 15.2. The van der Waals surface area contributed by atoms with Crippen LogP contribution < -0.4 is 10.6 Å². The average molecular weight is 232 g/mol. The zero-order chi connectivity index (χ0) is 11.8. The lowest BCUT2D eigenvalue weighted by molar-refractivity contribution is 0.691. The molecule has 3 N–H and O–H groups in total. The molecule has 2 heterocycles. The van der Waals surface area contributed by atoms with E-state index in [-0.39, 0.29) is 0 Å². The molecule has 90 valence electrons. The Bertz CT molecular complexity index is 530. The number of nitrogens with one attached hydrogen (secondary N) is 3. The molecule has 0 radical (unpaired) electrons. The zero-order valence-corrected chi connectivity index (χ0v) is 9.99. The fourth-order valence-corrected chi connectivity index (χ4v) is 1.99. The van der Waals surface area contributed by atoms with Gasteiger partial charge in [-0.05, 0) is 25.7 Å². The lowest BCUT2D eigenvalue weighted by Gasteiger charge is -2.14. The highest BCUT2D eigenvalue weighted by molar-refractivity contribution is 5.87. The maximum absolute atomic E-state index is 4.45. The van der Waals surface area contributed by atoms with Crippen molar-refractivity contribution in [3.05, 3.63) is 6.20 Å². The van der Waals surface area contributed by atoms with Crippen molar-refractivity contribution >= 4 is 22.8 Å². The van der Waals surface area contributed by atoms with Crippen LogP contribution in [-0.4, -0.2) is 33.3 Å². The van der Waals surface area contributed by atoms with E-state index in [1.165, 1.54) is 12.8 Å². The maximum atomic E-state index is 4.45. The maximum Gasteiger partial charge on any atom is 0.226 e. The molecule has 17 heavy (non-hydrogen) atoms. The van der Waals surface area contributed by atoms with Gasteiger partial charge in [-0.1, -0.05) is 0 Å². The first kappa shape index (κ1) is 10.3. The van der Waals surface area contributed by atoms with Crippen LogP contribution in [0, 0.1) is 5.92 Å². The van der Waals surface area contributed by atoms with Gasteiger partial charge in [-0.25, -0.2) is 0 Å². The average Bonchev–Trinajstić information content (AvgIpc) is 3.07. The second-order valence-electron chi connectivity index (χ2n) is 4.55. The summed E-state index contributed by atoms with van der Waals surface area (Å²) in [5.74, 6) is 2.24. The highest BCUT2D eigenvalue weighted by Gasteiger charge is 2.28. The quantitative estimate of drug-likeness (QED) is 0.746. The second kappa shape index (κ2) is 3.87. The first-order valence-electron chi connectivity index (χ1n) is 5.93. The molecule has 0 bridgehead atoms. The van der Waals surface area contributed by atoms with E-state index in [1.807, 2.05) is 7.05 Å². The highest BCUT2D eigenvalue weighted by Crippen LogP contribution is 2.34. The van der Waals surface area contributed by atoms with Crippen molar-refractivity contribution in [2.24, 2.45) is 5.92 Å². The van der Waals surface area contributed by atoms with Crippen LogP contribution in [0.3, 0.4) is 0 Å². The molecule has 1 unspecified atom stereocenters. The minimum absolute atomic E-state index is 0.452. The Morgan fingerprint density at radius 3 is 2.94 bits per heavy atom. The van der Waals surface area contributed by atoms with Gasteiger partial charge in [-0.15, -0.1) is 0 Å². The summed E-state index contributed by atoms with van der Waals surface area (Å²) in [6, 6.07) is 0.452. The zero-order valence-electron chi connectivity index (χ0n) is 9.99. The molecule has 1 fully saturated rings. The Morgan fingerprint density at radius 1 is 1.41 bits per heavy atom. The fourth-order valence-electron chi connectivity index (χ4n) is 1.99. The van der Waals surface area contributed by atoms with Gasteiger partial charge >= 0.3 is 0 Å². The lowest BCUT2D eigenvalue weighted by atomic mass is 10.2. The number of anilines is 2. The molecule has 6 heteroatoms. The van der Waals surface area contributed by atoms with Gasteiger partial charge in [0.1, 0.15) is 5.82 Å². The number of hydrogen-bond donors (Lipinski definition) is 3. The number of H-pyrrole nitrogens is 1. The number of rotatable bonds is 4. The van der Waals surface area contributed by atoms with Crippen LogP contribution in [0.25, 0.3) is 11.0 Å². The van der Waals surface area contributed by atoms with Crippen molar-refractivity contribution in [1.29, 1.82) is 0 Å². The monoisotopic (exact) mass is 232 g/mol. The predicted molar refractivity (Wildman–Crippen MR) is 67.0 cm³/mol. The molecule has 3 rings (SSSR count). The molecule has 1 saturated carbocycles. The normalized spacial score (nSPS) is 17.1. The smallest absolute Gasteiger partial charge is 0.226 e. The van der Waals surface area contributed by atoms with E-state index in [0.29, 0.717) is 12.0 Å². The van der Waals surface area contributed by atoms with E-state index in [0.717, 1.165) is 22.8 Å². The van der Waals surface area contributed by atoms with Gasteiger partial charge in [0.15, 0.2) is 5.65 Å². The summed E-state index contributed by atoms with van der Waals surface area (Å²) in [5.41, 5.74) is 0.759. The van der Waals surface area contributed by atoms with E-state index >= 15 is 0 Å². The molecule has 0 aliphatic heterocycles. The van der Waals surface area contributed by atoms with Gasteiger partial charge in [0.25, 0.3) is 0 Å². The van der Waals surface area contributed by atoms with Crippen LogP contribution in [0.2, 0.25) is 0 Å². The van der Waals surface area contributed by atoms with Crippen LogP contribution in [-0.2, 0) is 0 Å². The molecule has 2 aromatic rings. The number of hydrogen-bond acceptors (Lipinski definition) is 5. The molecule has 0 saturated heterocycles. The molecule has 2 aromatic heterocycles. The van der Waals surface area contributed by atoms with Crippen LogP contribution in [0.4, 0.5) is 11.8 Å². The topological polar surface area (TPSA) is 78.5 Å². The summed E-state index contributed by atoms with van der Waals surface area (Å²) < 4.78 is 0. The fraction of sp³-hybridized carbons (Fsp3) is 0.545. The summed E-state index contributed by atoms with van der Waals surface area (Å²) in [5, 5.41) is 14.2. The van der Waals surface area contributed by atoms with Crippen LogP contribution in [0.1, 0.15) is 19.8 Å². The van der Waals surface area contributed by atoms with Crippen LogP contribution in [0.5, 0.6) is 0 Å². The third kappa shape index (κ3) is 1.90. The molecule has 1 atom stereocenters. The number of aromatic nitrogens is 4. The SMILES string of the molecule is CNc1nc(NC(C)C2CC2)c2cn[nH]c2n1. The van der Waals surface area contributed by atoms with Gasteiger partial charge in [0.2, 0.25) is 5.95 Å². The minimum Gasteiger partial charge on any atom is -0.367 e. The van der Waals surface area contributed by atoms with Gasteiger partial charge < -0.3 is 10.6 Å². The third-order valence-corrected chi connectivity index (χ3v) is 3.23. The predicted octanol–water partition coefficient (Wildman–Crippen LogP) is 1.60. The van der Waals surface area contributed by atoms with Crippen molar-refractivity contribution in [2.75, 3.05) is 17.7 Å². The van der Waals surface area contributed by atoms with E-state index in [9.17, 15) is 0 Å². The molecular weight excluding hydrogens is 216 g/mol. The Kier molecular flexibility index (Phi) is 2.35. The Morgan fingerprint density at radius 2 is 2.24 bits per heavy atom. The first-order valence-corrected chi connectivity index (χ1v) is 5.93. The molecule has 0 aromatic carbocycles. The van der Waals surface area contributed by atoms with Crippen molar-refractivity contribution in [3.63, 3.8) is 0 Å². The Hall–Kier alpha value is -1.85. The van der Waals surface area contributed by atoms with Gasteiger partial charge in [0.05, 0.1) is 11.6 Å². The summed E-state index contributed by atoms with van der Waals surface area (Å²) in [7, 11) is 1.81. The summed E-state index contributed by atoms with van der Waals surface area (Å²) in [6.45, 7) is 2.20. The minimum atomic E-state index is 0.452. The van der Waals surface area contributed by atoms with Crippen molar-refractivity contribution < 1.29 is 0 Å². The molecular formula is C11H16N6. The Labute approximate surface area is 99.2 Å². The number of fused-ring (bicyclic) bond motifs is 1. The molecule has 0 spiro atoms. The molecule has 1 aliphatic carbocycles. The number of nitrogens with zero attached hydrogens (tertiary/aromatic N) is 3. The summed E-state index contributed by atoms with van der Waals surface area (Å²) in [4.78, 5) is 8.75. The molecule has 1 aliphatic rings. The van der Waals surface area contributed by atoms with E-state index in [1.54, 1.807) is 6.20 Å². The van der Waals surface area contributed by atoms with Crippen LogP contribution in [0.15, 0.2) is 6.20 Å². The van der Waals surface area contributed by atoms with E-state index in [2.05, 4.69) is 37.7 Å². The van der Waals surface area contributed by atoms with Crippen molar-refractivity contribution in [1.82, 2.24) is 20.2 Å². The molecule has 0 amide bonds. The lowest BCUT2D eigenvalue weighted by Crippen LogP contribution is -2.18. The Balaban J connectivity index is 1.97. The van der Waals surface area contributed by atoms with Crippen LogP contribution >= 0.6 is 0 Å². The standard InChI is InChI=1S/C11H16N6/c1-6(7-3-4-7)14-9-8-5-13-17-10(8)16-11(12-2)15-9/h5-7H,3-4H2,1-2H3,(H3,12,13,14,15,16,17). The summed E-state index contributed by atoms with van der Waals surface area (Å²) >= 11 is 0. The first-order chi connectivity index (χ1) is 8.28. The van der Waals surface area contributed by atoms with Crippen molar-refractivity contribution in [2.45, 2.75) is 25.8 Å². The third-order valence-electron chi connectivity index (χ3n) is 3.23. The van der Waals surface area contributed by atoms with Gasteiger partial charge in [-0.2, -0.15) is 15.1 Å². The van der Waals surface area contributed by atoms with E-state index in [4.69, 9.17) is 0 Å². The second-order valence-corrected chi connectivity index (χ2v) is 4.55. The van der Waals surface area contributed by atoms with E-state index < -0.39 is 0 Å². The largest absolute Gasteiger partial charge is 0.367 e. The van der Waals surface area contributed by atoms with Gasteiger partial charge in [-0.3, -0.25) is 5.10 Å². The number of aromatic amines is 1. The van der Waals surface area contributed by atoms with Gasteiger partial charge in [0, 0.05) is 13.1 Å². The van der Waals surface area contributed by atoms with Crippen molar-refractivity contribution in [3.8, 4) is 0 Å². The summed E-state index contributed by atoms with van der Waals surface area (Å²) in [6.07, 6.45) is 4.38.